The molecule has 0 bridgehead atoms. The molecule has 2 N–H and O–H groups in total. The van der Waals surface area contributed by atoms with Gasteiger partial charge < -0.3 is 14.9 Å². The monoisotopic (exact) mass is 350 g/mol. The van der Waals surface area contributed by atoms with Gasteiger partial charge >= 0.3 is 17.9 Å². The van der Waals surface area contributed by atoms with E-state index in [9.17, 15) is 14.4 Å². The molecule has 25 heavy (non-hydrogen) atoms. The summed E-state index contributed by atoms with van der Waals surface area (Å²) in [5.74, 6) is -2.21. The van der Waals surface area contributed by atoms with Gasteiger partial charge in [-0.2, -0.15) is 0 Å². The molecule has 0 aromatic carbocycles. The largest absolute Gasteiger partial charge is 0.478 e. The van der Waals surface area contributed by atoms with Crippen molar-refractivity contribution < 1.29 is 29.3 Å². The molecule has 2 rings (SSSR count). The minimum absolute atomic E-state index is 0.00524. The highest BCUT2D eigenvalue weighted by Crippen LogP contribution is 2.34. The van der Waals surface area contributed by atoms with Crippen LogP contribution in [0, 0.1) is 5.41 Å². The van der Waals surface area contributed by atoms with Gasteiger partial charge in [0.2, 0.25) is 0 Å². The molecule has 0 radical (unpaired) electrons. The number of carbonyl (C=O) groups is 3. The van der Waals surface area contributed by atoms with E-state index < -0.39 is 17.4 Å². The number of carboxylic acids is 2. The maximum Gasteiger partial charge on any atom is 0.331 e. The maximum absolute atomic E-state index is 12.3. The van der Waals surface area contributed by atoms with E-state index >= 15 is 0 Å². The van der Waals surface area contributed by atoms with Crippen molar-refractivity contribution in [2.45, 2.75) is 58.5 Å². The molecular formula is C19H26O6. The molecule has 0 heterocycles. The zero-order valence-corrected chi connectivity index (χ0v) is 14.8. The van der Waals surface area contributed by atoms with Crippen LogP contribution in [-0.2, 0) is 19.1 Å². The van der Waals surface area contributed by atoms with Crippen molar-refractivity contribution in [1.82, 2.24) is 0 Å². The van der Waals surface area contributed by atoms with E-state index in [-0.39, 0.29) is 29.6 Å². The fourth-order valence-corrected chi connectivity index (χ4v) is 2.65. The molecule has 0 amide bonds. The molecule has 2 aliphatic carbocycles. The number of esters is 1. The lowest BCUT2D eigenvalue weighted by molar-refractivity contribution is -0.159. The summed E-state index contributed by atoms with van der Waals surface area (Å²) in [5, 5.41) is 16.9. The molecule has 0 aromatic heterocycles. The van der Waals surface area contributed by atoms with Gasteiger partial charge in [0.15, 0.2) is 0 Å². The summed E-state index contributed by atoms with van der Waals surface area (Å²) in [7, 11) is 0. The second-order valence-electron chi connectivity index (χ2n) is 6.70. The van der Waals surface area contributed by atoms with E-state index in [1.807, 2.05) is 0 Å². The van der Waals surface area contributed by atoms with Gasteiger partial charge in [0.1, 0.15) is 6.10 Å². The van der Waals surface area contributed by atoms with Crippen LogP contribution >= 0.6 is 0 Å². The summed E-state index contributed by atoms with van der Waals surface area (Å²) in [6.07, 6.45) is 10.4. The Balaban J connectivity index is 0.000000450. The van der Waals surface area contributed by atoms with E-state index in [1.54, 1.807) is 19.1 Å². The van der Waals surface area contributed by atoms with Crippen molar-refractivity contribution in [2.75, 3.05) is 0 Å². The van der Waals surface area contributed by atoms with Gasteiger partial charge in [0, 0.05) is 11.1 Å². The van der Waals surface area contributed by atoms with Crippen LogP contribution in [0.5, 0.6) is 0 Å². The van der Waals surface area contributed by atoms with E-state index in [2.05, 4.69) is 6.58 Å². The Morgan fingerprint density at radius 2 is 1.76 bits per heavy atom. The first-order chi connectivity index (χ1) is 11.7. The Labute approximate surface area is 147 Å². The van der Waals surface area contributed by atoms with Crippen LogP contribution in [0.4, 0.5) is 0 Å². The van der Waals surface area contributed by atoms with Crippen LogP contribution in [0.25, 0.3) is 0 Å². The highest BCUT2D eigenvalue weighted by molar-refractivity contribution is 5.90. The number of hydrogen-bond acceptors (Lipinski definition) is 4. The van der Waals surface area contributed by atoms with Crippen molar-refractivity contribution in [3.8, 4) is 0 Å². The zero-order valence-electron chi connectivity index (χ0n) is 14.8. The highest BCUT2D eigenvalue weighted by Gasteiger charge is 2.37. The first kappa shape index (κ1) is 20.7. The molecule has 1 atom stereocenters. The van der Waals surface area contributed by atoms with Crippen molar-refractivity contribution in [1.29, 1.82) is 0 Å². The molecule has 0 spiro atoms. The normalized spacial score (nSPS) is 22.9. The predicted octanol–water partition coefficient (Wildman–Crippen LogP) is 3.49. The number of ether oxygens (including phenoxy) is 1. The molecule has 6 nitrogen and oxygen atoms in total. The fraction of sp³-hybridized carbons (Fsp3) is 0.526. The number of hydrogen-bond donors (Lipinski definition) is 2. The van der Waals surface area contributed by atoms with E-state index in [1.165, 1.54) is 19.4 Å². The van der Waals surface area contributed by atoms with Crippen molar-refractivity contribution in [3.63, 3.8) is 0 Å². The Hall–Kier alpha value is -2.37. The molecule has 6 heteroatoms. The second-order valence-corrected chi connectivity index (χ2v) is 6.70. The Morgan fingerprint density at radius 1 is 1.20 bits per heavy atom. The standard InChI is InChI=1S/C15H20O4.C4H6O2/c1-15(9-5-6-11(10-15)13(16)17)14(18)19-12-7-3-2-4-8-12;1-3(2)4(5)6/h5-6,9,12H,2-4,7-8,10H2,1H3,(H,16,17);1H2,2H3,(H,5,6). The summed E-state index contributed by atoms with van der Waals surface area (Å²) in [5.41, 5.74) is -0.416. The lowest BCUT2D eigenvalue weighted by Gasteiger charge is -2.30. The van der Waals surface area contributed by atoms with Gasteiger partial charge in [-0.3, -0.25) is 4.79 Å². The summed E-state index contributed by atoms with van der Waals surface area (Å²) < 4.78 is 5.55. The number of aliphatic carboxylic acids is 2. The van der Waals surface area contributed by atoms with Crippen LogP contribution in [0.3, 0.4) is 0 Å². The minimum atomic E-state index is -0.971. The van der Waals surface area contributed by atoms with Crippen LogP contribution in [-0.4, -0.2) is 34.2 Å². The van der Waals surface area contributed by atoms with Crippen molar-refractivity contribution in [3.05, 3.63) is 36.0 Å². The predicted molar refractivity (Wildman–Crippen MR) is 93.0 cm³/mol. The second kappa shape index (κ2) is 9.20. The van der Waals surface area contributed by atoms with Crippen molar-refractivity contribution >= 4 is 17.9 Å². The van der Waals surface area contributed by atoms with Gasteiger partial charge in [-0.1, -0.05) is 31.2 Å². The first-order valence-corrected chi connectivity index (χ1v) is 8.37. The number of carbonyl (C=O) groups excluding carboxylic acids is 1. The van der Waals surface area contributed by atoms with E-state index in [0.717, 1.165) is 25.7 Å². The summed E-state index contributed by atoms with van der Waals surface area (Å²) in [4.78, 5) is 32.9. The Kier molecular flexibility index (Phi) is 7.61. The molecular weight excluding hydrogens is 324 g/mol. The average Bonchev–Trinajstić information content (AvgIpc) is 2.56. The molecule has 138 valence electrons. The van der Waals surface area contributed by atoms with Crippen LogP contribution in [0.2, 0.25) is 0 Å². The van der Waals surface area contributed by atoms with Crippen molar-refractivity contribution in [2.24, 2.45) is 5.41 Å². The third-order valence-corrected chi connectivity index (χ3v) is 4.25. The zero-order chi connectivity index (χ0) is 19.0. The highest BCUT2D eigenvalue weighted by atomic mass is 16.5. The lowest BCUT2D eigenvalue weighted by Crippen LogP contribution is -2.34. The van der Waals surface area contributed by atoms with Gasteiger partial charge in [0.05, 0.1) is 5.41 Å². The molecule has 1 saturated carbocycles. The number of carboxylic acid groups (broad SMARTS) is 2. The quantitative estimate of drug-likeness (QED) is 0.594. The molecule has 0 saturated heterocycles. The van der Waals surface area contributed by atoms with Gasteiger partial charge in [0.25, 0.3) is 0 Å². The van der Waals surface area contributed by atoms with E-state index in [4.69, 9.17) is 14.9 Å². The van der Waals surface area contributed by atoms with E-state index in [0.29, 0.717) is 0 Å². The Morgan fingerprint density at radius 3 is 2.24 bits per heavy atom. The molecule has 1 fully saturated rings. The molecule has 1 unspecified atom stereocenters. The third kappa shape index (κ3) is 6.57. The first-order valence-electron chi connectivity index (χ1n) is 8.37. The third-order valence-electron chi connectivity index (χ3n) is 4.25. The fourth-order valence-electron chi connectivity index (χ4n) is 2.65. The van der Waals surface area contributed by atoms with Gasteiger partial charge in [-0.05, 0) is 46.0 Å². The van der Waals surface area contributed by atoms with Crippen LogP contribution in [0.15, 0.2) is 36.0 Å². The minimum Gasteiger partial charge on any atom is -0.478 e. The topological polar surface area (TPSA) is 101 Å². The summed E-state index contributed by atoms with van der Waals surface area (Å²) in [6.45, 7) is 6.34. The summed E-state index contributed by atoms with van der Waals surface area (Å²) in [6, 6.07) is 0. The average molecular weight is 350 g/mol. The number of allylic oxidation sites excluding steroid dienone is 2. The number of rotatable bonds is 4. The molecule has 0 aromatic rings. The Bertz CT molecular complexity index is 583. The molecule has 2 aliphatic rings. The smallest absolute Gasteiger partial charge is 0.331 e. The lowest BCUT2D eigenvalue weighted by atomic mass is 9.80. The SMILES string of the molecule is C=C(C)C(=O)O.CC1(C(=O)OC2CCCCC2)C=CC=C(C(=O)O)C1. The van der Waals surface area contributed by atoms with Crippen LogP contribution < -0.4 is 0 Å². The van der Waals surface area contributed by atoms with Gasteiger partial charge in [-0.15, -0.1) is 0 Å². The maximum atomic E-state index is 12.3. The van der Waals surface area contributed by atoms with Crippen LogP contribution in [0.1, 0.15) is 52.4 Å². The van der Waals surface area contributed by atoms with Gasteiger partial charge in [-0.25, -0.2) is 9.59 Å². The summed E-state index contributed by atoms with van der Waals surface area (Å²) >= 11 is 0. The molecule has 0 aliphatic heterocycles.